The standard InChI is InChI=1S/C20H31N3O/c1-15(2)14-23(16(3)4)11-7-10-21-19-13-18(24-5)12-17-8-6-9-22-20(17)19/h6,8-9,12-13,15-16,21H,7,10-11,14H2,1-5H3. The summed E-state index contributed by atoms with van der Waals surface area (Å²) in [4.78, 5) is 7.06. The fourth-order valence-corrected chi connectivity index (χ4v) is 2.95. The first-order chi connectivity index (χ1) is 11.5. The second kappa shape index (κ2) is 8.88. The van der Waals surface area contributed by atoms with Crippen LogP contribution in [-0.4, -0.2) is 42.7 Å². The van der Waals surface area contributed by atoms with Gasteiger partial charge in [-0.05, 0) is 38.3 Å². The highest BCUT2D eigenvalue weighted by atomic mass is 16.5. The van der Waals surface area contributed by atoms with Gasteiger partial charge in [0.1, 0.15) is 5.75 Å². The zero-order valence-electron chi connectivity index (χ0n) is 15.7. The molecule has 1 aromatic carbocycles. The van der Waals surface area contributed by atoms with Gasteiger partial charge in [0.25, 0.3) is 0 Å². The van der Waals surface area contributed by atoms with Gasteiger partial charge in [0.15, 0.2) is 0 Å². The molecule has 1 heterocycles. The summed E-state index contributed by atoms with van der Waals surface area (Å²) in [6, 6.07) is 8.67. The summed E-state index contributed by atoms with van der Waals surface area (Å²) in [6.07, 6.45) is 2.94. The van der Waals surface area contributed by atoms with Crippen LogP contribution in [0.3, 0.4) is 0 Å². The van der Waals surface area contributed by atoms with Gasteiger partial charge in [-0.25, -0.2) is 0 Å². The average molecular weight is 329 g/mol. The summed E-state index contributed by atoms with van der Waals surface area (Å²) in [5, 5.41) is 4.64. The number of anilines is 1. The van der Waals surface area contributed by atoms with Gasteiger partial charge in [0.2, 0.25) is 0 Å². The number of fused-ring (bicyclic) bond motifs is 1. The lowest BCUT2D eigenvalue weighted by Gasteiger charge is -2.28. The SMILES string of the molecule is COc1cc(NCCCN(CC(C)C)C(C)C)c2ncccc2c1. The smallest absolute Gasteiger partial charge is 0.121 e. The van der Waals surface area contributed by atoms with Crippen molar-refractivity contribution in [1.29, 1.82) is 0 Å². The van der Waals surface area contributed by atoms with Crippen molar-refractivity contribution < 1.29 is 4.74 Å². The fourth-order valence-electron chi connectivity index (χ4n) is 2.95. The maximum Gasteiger partial charge on any atom is 0.121 e. The molecule has 0 unspecified atom stereocenters. The predicted octanol–water partition coefficient (Wildman–Crippen LogP) is 4.41. The van der Waals surface area contributed by atoms with Gasteiger partial charge in [-0.15, -0.1) is 0 Å². The minimum absolute atomic E-state index is 0.590. The first-order valence-corrected chi connectivity index (χ1v) is 8.92. The van der Waals surface area contributed by atoms with Gasteiger partial charge in [-0.1, -0.05) is 19.9 Å². The minimum atomic E-state index is 0.590. The average Bonchev–Trinajstić information content (AvgIpc) is 2.56. The molecule has 2 rings (SSSR count). The number of hydrogen-bond acceptors (Lipinski definition) is 4. The second-order valence-electron chi connectivity index (χ2n) is 7.01. The van der Waals surface area contributed by atoms with Crippen molar-refractivity contribution in [2.75, 3.05) is 32.1 Å². The third kappa shape index (κ3) is 5.10. The third-order valence-electron chi connectivity index (χ3n) is 4.18. The number of aromatic nitrogens is 1. The summed E-state index contributed by atoms with van der Waals surface area (Å²) in [6.45, 7) is 12.3. The zero-order valence-corrected chi connectivity index (χ0v) is 15.7. The molecule has 1 N–H and O–H groups in total. The first kappa shape index (κ1) is 18.5. The lowest BCUT2D eigenvalue weighted by molar-refractivity contribution is 0.197. The Labute approximate surface area is 146 Å². The van der Waals surface area contributed by atoms with E-state index in [0.717, 1.165) is 48.4 Å². The van der Waals surface area contributed by atoms with E-state index in [-0.39, 0.29) is 0 Å². The molecule has 0 saturated heterocycles. The molecule has 0 aliphatic heterocycles. The summed E-state index contributed by atoms with van der Waals surface area (Å²) in [5.41, 5.74) is 2.05. The van der Waals surface area contributed by atoms with Crippen molar-refractivity contribution in [3.63, 3.8) is 0 Å². The number of nitrogens with one attached hydrogen (secondary N) is 1. The van der Waals surface area contributed by atoms with Gasteiger partial charge in [-0.3, -0.25) is 4.98 Å². The van der Waals surface area contributed by atoms with Crippen LogP contribution >= 0.6 is 0 Å². The van der Waals surface area contributed by atoms with Crippen molar-refractivity contribution in [3.05, 3.63) is 30.5 Å². The van der Waals surface area contributed by atoms with Gasteiger partial charge in [-0.2, -0.15) is 0 Å². The fraction of sp³-hybridized carbons (Fsp3) is 0.550. The van der Waals surface area contributed by atoms with E-state index in [4.69, 9.17) is 4.74 Å². The molecule has 132 valence electrons. The minimum Gasteiger partial charge on any atom is -0.497 e. The van der Waals surface area contributed by atoms with Crippen LogP contribution in [-0.2, 0) is 0 Å². The Kier molecular flexibility index (Phi) is 6.85. The number of pyridine rings is 1. The molecule has 0 bridgehead atoms. The third-order valence-corrected chi connectivity index (χ3v) is 4.18. The second-order valence-corrected chi connectivity index (χ2v) is 7.01. The number of methoxy groups -OCH3 is 1. The molecule has 0 aliphatic rings. The molecule has 0 atom stereocenters. The molecule has 0 amide bonds. The normalized spacial score (nSPS) is 11.7. The van der Waals surface area contributed by atoms with Crippen LogP contribution in [0.15, 0.2) is 30.5 Å². The van der Waals surface area contributed by atoms with Crippen LogP contribution in [0.2, 0.25) is 0 Å². The molecule has 4 heteroatoms. The van der Waals surface area contributed by atoms with Gasteiger partial charge < -0.3 is 15.0 Å². The summed E-state index contributed by atoms with van der Waals surface area (Å²) < 4.78 is 5.41. The predicted molar refractivity (Wildman–Crippen MR) is 103 cm³/mol. The molecule has 24 heavy (non-hydrogen) atoms. The van der Waals surface area contributed by atoms with Crippen LogP contribution in [0.1, 0.15) is 34.1 Å². The quantitative estimate of drug-likeness (QED) is 0.691. The molecule has 1 aromatic heterocycles. The van der Waals surface area contributed by atoms with Crippen LogP contribution in [0, 0.1) is 5.92 Å². The Balaban J connectivity index is 1.98. The van der Waals surface area contributed by atoms with E-state index in [2.05, 4.69) is 49.0 Å². The Morgan fingerprint density at radius 1 is 1.21 bits per heavy atom. The maximum absolute atomic E-state index is 5.41. The summed E-state index contributed by atoms with van der Waals surface area (Å²) in [7, 11) is 1.70. The Bertz CT molecular complexity index is 640. The van der Waals surface area contributed by atoms with Gasteiger partial charge in [0, 0.05) is 43.3 Å². The molecule has 0 saturated carbocycles. The van der Waals surface area contributed by atoms with E-state index in [1.165, 1.54) is 0 Å². The van der Waals surface area contributed by atoms with Crippen molar-refractivity contribution in [2.45, 2.75) is 40.2 Å². The highest BCUT2D eigenvalue weighted by Crippen LogP contribution is 2.27. The van der Waals surface area contributed by atoms with Crippen molar-refractivity contribution in [3.8, 4) is 5.75 Å². The van der Waals surface area contributed by atoms with Crippen LogP contribution in [0.5, 0.6) is 5.75 Å². The van der Waals surface area contributed by atoms with E-state index in [1.807, 2.05) is 24.4 Å². The molecular weight excluding hydrogens is 298 g/mol. The van der Waals surface area contributed by atoms with E-state index in [0.29, 0.717) is 12.0 Å². The largest absolute Gasteiger partial charge is 0.497 e. The molecule has 0 aliphatic carbocycles. The van der Waals surface area contributed by atoms with Crippen LogP contribution in [0.4, 0.5) is 5.69 Å². The van der Waals surface area contributed by atoms with E-state index < -0.39 is 0 Å². The Morgan fingerprint density at radius 2 is 2.00 bits per heavy atom. The van der Waals surface area contributed by atoms with Crippen molar-refractivity contribution in [1.82, 2.24) is 9.88 Å². The molecule has 2 aromatic rings. The monoisotopic (exact) mass is 329 g/mol. The number of rotatable bonds is 9. The maximum atomic E-state index is 5.41. The molecule has 0 fully saturated rings. The molecular formula is C20H31N3O. The Morgan fingerprint density at radius 3 is 2.67 bits per heavy atom. The highest BCUT2D eigenvalue weighted by Gasteiger charge is 2.11. The highest BCUT2D eigenvalue weighted by molar-refractivity contribution is 5.91. The molecule has 0 spiro atoms. The topological polar surface area (TPSA) is 37.4 Å². The molecule has 0 radical (unpaired) electrons. The lowest BCUT2D eigenvalue weighted by Crippen LogP contribution is -2.35. The van der Waals surface area contributed by atoms with Crippen LogP contribution in [0.25, 0.3) is 10.9 Å². The molecule has 4 nitrogen and oxygen atoms in total. The number of nitrogens with zero attached hydrogens (tertiary/aromatic N) is 2. The summed E-state index contributed by atoms with van der Waals surface area (Å²) >= 11 is 0. The van der Waals surface area contributed by atoms with Crippen LogP contribution < -0.4 is 10.1 Å². The number of benzene rings is 1. The van der Waals surface area contributed by atoms with Crippen molar-refractivity contribution >= 4 is 16.6 Å². The number of ether oxygens (including phenoxy) is 1. The van der Waals surface area contributed by atoms with Gasteiger partial charge >= 0.3 is 0 Å². The van der Waals surface area contributed by atoms with E-state index in [9.17, 15) is 0 Å². The number of hydrogen-bond donors (Lipinski definition) is 1. The summed E-state index contributed by atoms with van der Waals surface area (Å²) in [5.74, 6) is 1.56. The lowest BCUT2D eigenvalue weighted by atomic mass is 10.1. The van der Waals surface area contributed by atoms with E-state index >= 15 is 0 Å². The van der Waals surface area contributed by atoms with E-state index in [1.54, 1.807) is 7.11 Å². The first-order valence-electron chi connectivity index (χ1n) is 8.92. The Hall–Kier alpha value is -1.81. The zero-order chi connectivity index (χ0) is 17.5. The van der Waals surface area contributed by atoms with Crippen molar-refractivity contribution in [2.24, 2.45) is 5.92 Å². The van der Waals surface area contributed by atoms with Gasteiger partial charge in [0.05, 0.1) is 18.3 Å².